The van der Waals surface area contributed by atoms with Crippen molar-refractivity contribution in [1.82, 2.24) is 9.80 Å². The topological polar surface area (TPSA) is 32.8 Å². The van der Waals surface area contributed by atoms with Gasteiger partial charge < -0.3 is 9.64 Å². The van der Waals surface area contributed by atoms with E-state index < -0.39 is 0 Å². The maximum atomic E-state index is 12.2. The van der Waals surface area contributed by atoms with Crippen molar-refractivity contribution in [2.75, 3.05) is 44.7 Å². The molecule has 0 N–H and O–H groups in total. The molecule has 0 bridgehead atoms. The van der Waals surface area contributed by atoms with Crippen molar-refractivity contribution in [2.24, 2.45) is 5.92 Å². The Bertz CT molecular complexity index is 287. The third kappa shape index (κ3) is 4.43. The molecule has 0 aromatic rings. The van der Waals surface area contributed by atoms with Crippen LogP contribution in [0, 0.1) is 5.92 Å². The number of rotatable bonds is 6. The maximum Gasteiger partial charge on any atom is 0.222 e. The Kier molecular flexibility index (Phi) is 6.10. The third-order valence-corrected chi connectivity index (χ3v) is 4.54. The van der Waals surface area contributed by atoms with Crippen molar-refractivity contribution < 1.29 is 9.53 Å². The van der Waals surface area contributed by atoms with E-state index in [1.54, 1.807) is 0 Å². The van der Waals surface area contributed by atoms with Gasteiger partial charge in [-0.15, -0.1) is 0 Å². The molecule has 1 saturated heterocycles. The number of ether oxygens (including phenoxy) is 1. The van der Waals surface area contributed by atoms with Gasteiger partial charge in [-0.05, 0) is 25.7 Å². The molecule has 19 heavy (non-hydrogen) atoms. The van der Waals surface area contributed by atoms with Crippen LogP contribution < -0.4 is 0 Å². The summed E-state index contributed by atoms with van der Waals surface area (Å²) < 4.78 is 5.54. The highest BCUT2D eigenvalue weighted by Gasteiger charge is 2.32. The number of carbonyl (C=O) groups is 1. The number of halogens is 1. The maximum absolute atomic E-state index is 12.2. The van der Waals surface area contributed by atoms with Gasteiger partial charge in [0, 0.05) is 51.1 Å². The first-order valence-corrected chi connectivity index (χ1v) is 8.52. The molecule has 110 valence electrons. The lowest BCUT2D eigenvalue weighted by atomic mass is 9.79. The zero-order valence-corrected chi connectivity index (χ0v) is 13.4. The van der Waals surface area contributed by atoms with Crippen LogP contribution in [0.2, 0.25) is 0 Å². The lowest BCUT2D eigenvalue weighted by Gasteiger charge is -2.38. The van der Waals surface area contributed by atoms with E-state index in [0.717, 1.165) is 63.9 Å². The first-order valence-electron chi connectivity index (χ1n) is 7.40. The summed E-state index contributed by atoms with van der Waals surface area (Å²) in [6.07, 6.45) is 3.28. The highest BCUT2D eigenvalue weighted by Crippen LogP contribution is 2.33. The fourth-order valence-corrected chi connectivity index (χ4v) is 3.43. The van der Waals surface area contributed by atoms with Crippen LogP contribution in [0.4, 0.5) is 0 Å². The van der Waals surface area contributed by atoms with Gasteiger partial charge in [-0.25, -0.2) is 0 Å². The Morgan fingerprint density at radius 3 is 2.53 bits per heavy atom. The molecule has 2 fully saturated rings. The van der Waals surface area contributed by atoms with Gasteiger partial charge in [0.1, 0.15) is 0 Å². The van der Waals surface area contributed by atoms with Crippen LogP contribution >= 0.6 is 15.9 Å². The zero-order valence-electron chi connectivity index (χ0n) is 11.8. The van der Waals surface area contributed by atoms with Crippen LogP contribution in [0.3, 0.4) is 0 Å². The number of alkyl halides is 1. The molecule has 1 heterocycles. The largest absolute Gasteiger partial charge is 0.378 e. The van der Waals surface area contributed by atoms with E-state index in [1.165, 1.54) is 0 Å². The van der Waals surface area contributed by atoms with Gasteiger partial charge in [-0.1, -0.05) is 15.9 Å². The second kappa shape index (κ2) is 7.60. The second-order valence-electron chi connectivity index (χ2n) is 5.53. The van der Waals surface area contributed by atoms with Crippen molar-refractivity contribution in [1.29, 1.82) is 0 Å². The number of nitrogens with zero attached hydrogens (tertiary/aromatic N) is 2. The number of piperazine rings is 1. The Morgan fingerprint density at radius 1 is 1.26 bits per heavy atom. The van der Waals surface area contributed by atoms with E-state index in [2.05, 4.69) is 20.8 Å². The molecule has 1 aliphatic heterocycles. The van der Waals surface area contributed by atoms with Crippen LogP contribution in [0.1, 0.15) is 26.2 Å². The minimum Gasteiger partial charge on any atom is -0.378 e. The summed E-state index contributed by atoms with van der Waals surface area (Å²) in [7, 11) is 0. The van der Waals surface area contributed by atoms with Crippen molar-refractivity contribution in [3.05, 3.63) is 0 Å². The molecule has 0 aromatic heterocycles. The highest BCUT2D eigenvalue weighted by atomic mass is 79.9. The van der Waals surface area contributed by atoms with E-state index in [4.69, 9.17) is 4.74 Å². The van der Waals surface area contributed by atoms with Crippen molar-refractivity contribution in [3.63, 3.8) is 0 Å². The molecule has 0 spiro atoms. The van der Waals surface area contributed by atoms with Crippen LogP contribution in [0.25, 0.3) is 0 Å². The van der Waals surface area contributed by atoms with Crippen LogP contribution in [-0.2, 0) is 9.53 Å². The first kappa shape index (κ1) is 15.3. The minimum atomic E-state index is 0.346. The van der Waals surface area contributed by atoms with Gasteiger partial charge in [0.15, 0.2) is 0 Å². The summed E-state index contributed by atoms with van der Waals surface area (Å²) >= 11 is 3.46. The summed E-state index contributed by atoms with van der Waals surface area (Å²) in [5.74, 6) is 0.906. The number of carbonyl (C=O) groups excluding carboxylic acids is 1. The number of hydrogen-bond donors (Lipinski definition) is 0. The number of hydrogen-bond acceptors (Lipinski definition) is 3. The van der Waals surface area contributed by atoms with E-state index in [9.17, 15) is 4.79 Å². The third-order valence-electron chi connectivity index (χ3n) is 4.18. The fraction of sp³-hybridized carbons (Fsp3) is 0.929. The van der Waals surface area contributed by atoms with Gasteiger partial charge in [0.25, 0.3) is 0 Å². The average Bonchev–Trinajstić information content (AvgIpc) is 2.37. The standard InChI is InChI=1S/C14H25BrN2O2/c1-2-19-13-9-12(10-13)11-14(18)17-7-5-16(4-3-15)6-8-17/h12-13H,2-11H2,1H3. The molecule has 0 aromatic carbocycles. The van der Waals surface area contributed by atoms with Crippen LogP contribution in [0.5, 0.6) is 0 Å². The predicted octanol–water partition coefficient (Wildman–Crippen LogP) is 1.73. The number of amides is 1. The molecule has 1 amide bonds. The first-order chi connectivity index (χ1) is 9.22. The molecule has 0 unspecified atom stereocenters. The summed E-state index contributed by atoms with van der Waals surface area (Å²) in [4.78, 5) is 16.6. The van der Waals surface area contributed by atoms with E-state index in [0.29, 0.717) is 17.9 Å². The second-order valence-corrected chi connectivity index (χ2v) is 6.32. The Balaban J connectivity index is 1.63. The Hall–Kier alpha value is -0.130. The molecule has 1 saturated carbocycles. The Labute approximate surface area is 124 Å². The monoisotopic (exact) mass is 332 g/mol. The molecule has 2 aliphatic rings. The lowest BCUT2D eigenvalue weighted by Crippen LogP contribution is -2.49. The molecular formula is C14H25BrN2O2. The zero-order chi connectivity index (χ0) is 13.7. The minimum absolute atomic E-state index is 0.346. The summed E-state index contributed by atoms with van der Waals surface area (Å²) in [6.45, 7) is 7.74. The molecule has 1 aliphatic carbocycles. The smallest absolute Gasteiger partial charge is 0.222 e. The SMILES string of the molecule is CCOC1CC(CC(=O)N2CCN(CCBr)CC2)C1. The summed E-state index contributed by atoms with van der Waals surface area (Å²) in [5, 5.41) is 1.02. The fourth-order valence-electron chi connectivity index (χ4n) is 2.93. The quantitative estimate of drug-likeness (QED) is 0.694. The lowest BCUT2D eigenvalue weighted by molar-refractivity contribution is -0.136. The normalized spacial score (nSPS) is 28.2. The van der Waals surface area contributed by atoms with E-state index in [-0.39, 0.29) is 0 Å². The van der Waals surface area contributed by atoms with Gasteiger partial charge in [0.2, 0.25) is 5.91 Å². The molecule has 0 atom stereocenters. The van der Waals surface area contributed by atoms with E-state index >= 15 is 0 Å². The molecule has 2 rings (SSSR count). The van der Waals surface area contributed by atoms with Crippen LogP contribution in [-0.4, -0.2) is 66.5 Å². The predicted molar refractivity (Wildman–Crippen MR) is 79.6 cm³/mol. The van der Waals surface area contributed by atoms with Gasteiger partial charge in [-0.3, -0.25) is 9.69 Å². The molecular weight excluding hydrogens is 308 g/mol. The molecule has 5 heteroatoms. The van der Waals surface area contributed by atoms with Crippen molar-refractivity contribution in [2.45, 2.75) is 32.3 Å². The Morgan fingerprint density at radius 2 is 1.95 bits per heavy atom. The van der Waals surface area contributed by atoms with Crippen molar-refractivity contribution >= 4 is 21.8 Å². The van der Waals surface area contributed by atoms with Gasteiger partial charge in [-0.2, -0.15) is 0 Å². The van der Waals surface area contributed by atoms with Gasteiger partial charge >= 0.3 is 0 Å². The highest BCUT2D eigenvalue weighted by molar-refractivity contribution is 9.09. The molecule has 4 nitrogen and oxygen atoms in total. The van der Waals surface area contributed by atoms with Gasteiger partial charge in [0.05, 0.1) is 6.10 Å². The summed E-state index contributed by atoms with van der Waals surface area (Å²) in [6, 6.07) is 0. The van der Waals surface area contributed by atoms with Crippen molar-refractivity contribution in [3.8, 4) is 0 Å². The average molecular weight is 333 g/mol. The van der Waals surface area contributed by atoms with Crippen LogP contribution in [0.15, 0.2) is 0 Å². The van der Waals surface area contributed by atoms with E-state index in [1.807, 2.05) is 11.8 Å². The summed E-state index contributed by atoms with van der Waals surface area (Å²) in [5.41, 5.74) is 0. The molecule has 0 radical (unpaired) electrons.